The van der Waals surface area contributed by atoms with Gasteiger partial charge in [-0.25, -0.2) is 8.42 Å². The molecule has 1 atom stereocenters. The quantitative estimate of drug-likeness (QED) is 0.662. The minimum Gasteiger partial charge on any atom is -0.486 e. The van der Waals surface area contributed by atoms with Crippen LogP contribution in [0.4, 0.5) is 0 Å². The smallest absolute Gasteiger partial charge is 0.243 e. The minimum atomic E-state index is -3.70. The zero-order valence-corrected chi connectivity index (χ0v) is 16.8. The molecule has 5 rings (SSSR count). The highest BCUT2D eigenvalue weighted by Gasteiger charge is 2.35. The molecule has 2 aliphatic rings. The third kappa shape index (κ3) is 3.18. The second kappa shape index (κ2) is 6.89. The van der Waals surface area contributed by atoms with Crippen molar-refractivity contribution in [1.29, 1.82) is 0 Å². The monoisotopic (exact) mass is 411 g/mol. The molecule has 150 valence electrons. The van der Waals surface area contributed by atoms with Gasteiger partial charge in [-0.05, 0) is 28.8 Å². The second-order valence-electron chi connectivity index (χ2n) is 7.30. The topological polar surface area (TPSA) is 73.7 Å². The summed E-state index contributed by atoms with van der Waals surface area (Å²) in [6, 6.07) is 12.8. The van der Waals surface area contributed by atoms with Crippen LogP contribution in [-0.2, 0) is 23.6 Å². The number of hydrogen-bond acceptors (Lipinski definition) is 5. The molecule has 2 aromatic carbocycles. The number of ether oxygens (including phenoxy) is 2. The zero-order chi connectivity index (χ0) is 20.0. The fraction of sp³-hybridized carbons (Fsp3) is 0.286. The van der Waals surface area contributed by atoms with Crippen molar-refractivity contribution in [3.63, 3.8) is 0 Å². The van der Waals surface area contributed by atoms with Crippen molar-refractivity contribution < 1.29 is 17.9 Å². The second-order valence-corrected chi connectivity index (χ2v) is 9.24. The van der Waals surface area contributed by atoms with Crippen molar-refractivity contribution in [3.8, 4) is 11.5 Å². The van der Waals surface area contributed by atoms with Gasteiger partial charge in [-0.2, -0.15) is 9.40 Å². The van der Waals surface area contributed by atoms with Gasteiger partial charge in [0.2, 0.25) is 10.0 Å². The highest BCUT2D eigenvalue weighted by atomic mass is 32.2. The number of hydrogen-bond donors (Lipinski definition) is 0. The van der Waals surface area contributed by atoms with Gasteiger partial charge in [0, 0.05) is 38.3 Å². The molecule has 1 aromatic heterocycles. The lowest BCUT2D eigenvalue weighted by Crippen LogP contribution is -2.38. The van der Waals surface area contributed by atoms with Crippen molar-refractivity contribution in [1.82, 2.24) is 14.1 Å². The summed E-state index contributed by atoms with van der Waals surface area (Å²) in [5, 5.41) is 4.28. The molecule has 8 heteroatoms. The maximum Gasteiger partial charge on any atom is 0.243 e. The van der Waals surface area contributed by atoms with Gasteiger partial charge in [0.15, 0.2) is 11.5 Å². The first-order chi connectivity index (χ1) is 14.0. The van der Waals surface area contributed by atoms with E-state index in [9.17, 15) is 8.42 Å². The number of sulfonamides is 1. The summed E-state index contributed by atoms with van der Waals surface area (Å²) in [5.74, 6) is 0.978. The van der Waals surface area contributed by atoms with E-state index in [0.717, 1.165) is 16.7 Å². The average molecular weight is 411 g/mol. The fourth-order valence-corrected chi connectivity index (χ4v) is 5.44. The normalized spacial score (nSPS) is 19.0. The lowest BCUT2D eigenvalue weighted by atomic mass is 9.87. The number of rotatable bonds is 3. The Morgan fingerprint density at radius 1 is 1.07 bits per heavy atom. The van der Waals surface area contributed by atoms with E-state index in [1.54, 1.807) is 27.2 Å². The summed E-state index contributed by atoms with van der Waals surface area (Å²) in [6.07, 6.45) is 3.75. The van der Waals surface area contributed by atoms with E-state index in [-0.39, 0.29) is 10.8 Å². The van der Waals surface area contributed by atoms with Gasteiger partial charge in [0.05, 0.1) is 11.1 Å². The maximum absolute atomic E-state index is 13.5. The molecule has 29 heavy (non-hydrogen) atoms. The van der Waals surface area contributed by atoms with Crippen LogP contribution in [0.15, 0.2) is 59.8 Å². The van der Waals surface area contributed by atoms with Gasteiger partial charge in [-0.15, -0.1) is 0 Å². The Bertz CT molecular complexity index is 1170. The number of nitrogens with zero attached hydrogens (tertiary/aromatic N) is 3. The van der Waals surface area contributed by atoms with E-state index in [2.05, 4.69) is 11.2 Å². The van der Waals surface area contributed by atoms with Crippen molar-refractivity contribution in [2.75, 3.05) is 19.8 Å². The summed E-state index contributed by atoms with van der Waals surface area (Å²) in [6.45, 7) is 1.58. The van der Waals surface area contributed by atoms with Crippen LogP contribution in [0.1, 0.15) is 22.6 Å². The van der Waals surface area contributed by atoms with Gasteiger partial charge < -0.3 is 9.47 Å². The van der Waals surface area contributed by atoms with E-state index >= 15 is 0 Å². The number of aryl methyl sites for hydroxylation is 1. The molecule has 7 nitrogen and oxygen atoms in total. The molecular formula is C21H21N3O4S. The highest BCUT2D eigenvalue weighted by Crippen LogP contribution is 2.38. The molecule has 0 aliphatic carbocycles. The van der Waals surface area contributed by atoms with E-state index in [1.807, 2.05) is 37.6 Å². The van der Waals surface area contributed by atoms with Crippen LogP contribution in [0.25, 0.3) is 0 Å². The van der Waals surface area contributed by atoms with Crippen LogP contribution in [0.2, 0.25) is 0 Å². The Balaban J connectivity index is 1.54. The fourth-order valence-electron chi connectivity index (χ4n) is 4.00. The molecular weight excluding hydrogens is 390 g/mol. The van der Waals surface area contributed by atoms with Crippen LogP contribution >= 0.6 is 0 Å². The Morgan fingerprint density at radius 2 is 1.86 bits per heavy atom. The number of aromatic nitrogens is 2. The van der Waals surface area contributed by atoms with E-state index in [0.29, 0.717) is 37.8 Å². The zero-order valence-electron chi connectivity index (χ0n) is 16.0. The predicted octanol–water partition coefficient (Wildman–Crippen LogP) is 2.53. The molecule has 0 fully saturated rings. The lowest BCUT2D eigenvalue weighted by Gasteiger charge is -2.33. The van der Waals surface area contributed by atoms with E-state index < -0.39 is 10.0 Å². The molecule has 0 radical (unpaired) electrons. The highest BCUT2D eigenvalue weighted by molar-refractivity contribution is 7.89. The predicted molar refractivity (Wildman–Crippen MR) is 107 cm³/mol. The molecule has 0 N–H and O–H groups in total. The summed E-state index contributed by atoms with van der Waals surface area (Å²) < 4.78 is 41.3. The summed E-state index contributed by atoms with van der Waals surface area (Å²) >= 11 is 0. The molecule has 0 unspecified atom stereocenters. The van der Waals surface area contributed by atoms with Crippen LogP contribution in [0.5, 0.6) is 11.5 Å². The minimum absolute atomic E-state index is 0.0689. The van der Waals surface area contributed by atoms with Gasteiger partial charge in [0.25, 0.3) is 0 Å². The molecule has 2 aliphatic heterocycles. The molecule has 0 amide bonds. The summed E-state index contributed by atoms with van der Waals surface area (Å²) in [5.41, 5.74) is 3.16. The Hall–Kier alpha value is -2.84. The average Bonchev–Trinajstić information content (AvgIpc) is 3.18. The van der Waals surface area contributed by atoms with Crippen LogP contribution < -0.4 is 9.47 Å². The SMILES string of the molecule is Cn1cc([C@H]2CN(S(=O)(=O)c3ccc4c(c3)OCCO4)Cc3ccccc32)cn1. The standard InChI is InChI=1S/C21H21N3O4S/c1-23-12-16(11-22-23)19-14-24(13-15-4-2-3-5-18(15)19)29(25,26)17-6-7-20-21(10-17)28-9-8-27-20/h2-7,10-12,19H,8-9,13-14H2,1H3/t19-/m1/s1. The van der Waals surface area contributed by atoms with Crippen LogP contribution in [-0.4, -0.2) is 42.3 Å². The molecule has 0 bridgehead atoms. The van der Waals surface area contributed by atoms with Crippen molar-refractivity contribution >= 4 is 10.0 Å². The third-order valence-electron chi connectivity index (χ3n) is 5.44. The molecule has 0 saturated heterocycles. The molecule has 3 aromatic rings. The van der Waals surface area contributed by atoms with Crippen molar-refractivity contribution in [2.45, 2.75) is 17.4 Å². The molecule has 0 saturated carbocycles. The maximum atomic E-state index is 13.5. The van der Waals surface area contributed by atoms with Crippen LogP contribution in [0.3, 0.4) is 0 Å². The summed E-state index contributed by atoms with van der Waals surface area (Å²) in [7, 11) is -1.84. The third-order valence-corrected chi connectivity index (χ3v) is 7.25. The largest absolute Gasteiger partial charge is 0.486 e. The Morgan fingerprint density at radius 3 is 2.66 bits per heavy atom. The summed E-state index contributed by atoms with van der Waals surface area (Å²) in [4.78, 5) is 0.214. The van der Waals surface area contributed by atoms with Crippen molar-refractivity contribution in [3.05, 3.63) is 71.5 Å². The first kappa shape index (κ1) is 18.2. The Labute approximate surface area is 169 Å². The first-order valence-electron chi connectivity index (χ1n) is 9.48. The number of benzene rings is 2. The van der Waals surface area contributed by atoms with Crippen molar-refractivity contribution in [2.24, 2.45) is 7.05 Å². The Kier molecular flexibility index (Phi) is 4.33. The van der Waals surface area contributed by atoms with E-state index in [1.165, 1.54) is 0 Å². The molecule has 3 heterocycles. The van der Waals surface area contributed by atoms with Crippen LogP contribution in [0, 0.1) is 0 Å². The first-order valence-corrected chi connectivity index (χ1v) is 10.9. The number of fused-ring (bicyclic) bond motifs is 2. The molecule has 0 spiro atoms. The van der Waals surface area contributed by atoms with Gasteiger partial charge >= 0.3 is 0 Å². The lowest BCUT2D eigenvalue weighted by molar-refractivity contribution is 0.171. The van der Waals surface area contributed by atoms with Gasteiger partial charge in [-0.1, -0.05) is 24.3 Å². The van der Waals surface area contributed by atoms with Gasteiger partial charge in [-0.3, -0.25) is 4.68 Å². The van der Waals surface area contributed by atoms with Gasteiger partial charge in [0.1, 0.15) is 13.2 Å². The van der Waals surface area contributed by atoms with E-state index in [4.69, 9.17) is 9.47 Å².